The smallest absolute Gasteiger partial charge is 0.131 e. The molecule has 0 bridgehead atoms. The molecule has 3 rings (SSSR count). The van der Waals surface area contributed by atoms with Crippen LogP contribution in [0.15, 0.2) is 36.4 Å². The van der Waals surface area contributed by atoms with Crippen LogP contribution in [-0.4, -0.2) is 6.54 Å². The number of hydrogen-bond donors (Lipinski definition) is 1. The summed E-state index contributed by atoms with van der Waals surface area (Å²) in [4.78, 5) is 0. The lowest BCUT2D eigenvalue weighted by molar-refractivity contribution is 0.629. The zero-order valence-corrected chi connectivity index (χ0v) is 12.6. The average molecular weight is 283 g/mol. The highest BCUT2D eigenvalue weighted by Crippen LogP contribution is 2.29. The lowest BCUT2D eigenvalue weighted by atomic mass is 9.89. The van der Waals surface area contributed by atoms with Gasteiger partial charge in [-0.05, 0) is 66.6 Å². The molecule has 1 aliphatic carbocycles. The Morgan fingerprint density at radius 1 is 1.00 bits per heavy atom. The van der Waals surface area contributed by atoms with Gasteiger partial charge in [0.05, 0.1) is 0 Å². The predicted octanol–water partition coefficient (Wildman–Crippen LogP) is 4.48. The summed E-state index contributed by atoms with van der Waals surface area (Å²) in [6.07, 6.45) is 4.82. The molecule has 0 aromatic heterocycles. The maximum Gasteiger partial charge on any atom is 0.131 e. The third-order valence-corrected chi connectivity index (χ3v) is 4.27. The molecule has 110 valence electrons. The zero-order chi connectivity index (χ0) is 14.7. The van der Waals surface area contributed by atoms with Gasteiger partial charge in [-0.25, -0.2) is 4.39 Å². The Morgan fingerprint density at radius 2 is 1.81 bits per heavy atom. The van der Waals surface area contributed by atoms with Crippen LogP contribution in [0.5, 0.6) is 0 Å². The predicted molar refractivity (Wildman–Crippen MR) is 85.9 cm³/mol. The summed E-state index contributed by atoms with van der Waals surface area (Å²) < 4.78 is 14.2. The van der Waals surface area contributed by atoms with Crippen LogP contribution >= 0.6 is 0 Å². The molecule has 1 N–H and O–H groups in total. The molecule has 0 fully saturated rings. The van der Waals surface area contributed by atoms with Crippen LogP contribution in [0.3, 0.4) is 0 Å². The summed E-state index contributed by atoms with van der Waals surface area (Å²) in [6, 6.07) is 11.9. The molecule has 0 aliphatic heterocycles. The normalized spacial score (nSPS) is 14.0. The first kappa shape index (κ1) is 14.3. The molecule has 1 nitrogen and oxygen atoms in total. The third kappa shape index (κ3) is 3.16. The third-order valence-electron chi connectivity index (χ3n) is 4.27. The van der Waals surface area contributed by atoms with E-state index in [2.05, 4.69) is 30.4 Å². The van der Waals surface area contributed by atoms with Gasteiger partial charge in [0, 0.05) is 12.1 Å². The summed E-state index contributed by atoms with van der Waals surface area (Å²) in [5, 5.41) is 3.29. The maximum atomic E-state index is 14.2. The molecule has 0 atom stereocenters. The minimum Gasteiger partial charge on any atom is -0.313 e. The van der Waals surface area contributed by atoms with E-state index in [1.807, 2.05) is 12.1 Å². The average Bonchev–Trinajstić information content (AvgIpc) is 2.53. The van der Waals surface area contributed by atoms with Gasteiger partial charge in [0.15, 0.2) is 0 Å². The fraction of sp³-hybridized carbons (Fsp3) is 0.368. The molecule has 2 heteroatoms. The first-order valence-electron chi connectivity index (χ1n) is 7.89. The quantitative estimate of drug-likeness (QED) is 0.872. The van der Waals surface area contributed by atoms with Crippen molar-refractivity contribution in [1.29, 1.82) is 0 Å². The van der Waals surface area contributed by atoms with Crippen molar-refractivity contribution in [3.63, 3.8) is 0 Å². The number of fused-ring (bicyclic) bond motifs is 1. The van der Waals surface area contributed by atoms with E-state index in [0.717, 1.165) is 36.2 Å². The summed E-state index contributed by atoms with van der Waals surface area (Å²) in [6.45, 7) is 3.79. The Labute approximate surface area is 126 Å². The number of nitrogens with one attached hydrogen (secondary N) is 1. The van der Waals surface area contributed by atoms with Crippen molar-refractivity contribution in [2.24, 2.45) is 0 Å². The van der Waals surface area contributed by atoms with Crippen molar-refractivity contribution in [1.82, 2.24) is 5.32 Å². The molecular weight excluding hydrogens is 261 g/mol. The topological polar surface area (TPSA) is 12.0 Å². The van der Waals surface area contributed by atoms with Gasteiger partial charge in [0.1, 0.15) is 5.82 Å². The second kappa shape index (κ2) is 6.40. The number of hydrogen-bond acceptors (Lipinski definition) is 1. The molecule has 1 aliphatic rings. The summed E-state index contributed by atoms with van der Waals surface area (Å²) in [7, 11) is 0. The number of aryl methyl sites for hydroxylation is 2. The van der Waals surface area contributed by atoms with E-state index in [1.165, 1.54) is 30.4 Å². The van der Waals surface area contributed by atoms with Crippen molar-refractivity contribution < 1.29 is 4.39 Å². The van der Waals surface area contributed by atoms with Crippen molar-refractivity contribution >= 4 is 0 Å². The monoisotopic (exact) mass is 283 g/mol. The van der Waals surface area contributed by atoms with E-state index in [9.17, 15) is 4.39 Å². The number of halogens is 1. The summed E-state index contributed by atoms with van der Waals surface area (Å²) >= 11 is 0. The van der Waals surface area contributed by atoms with E-state index >= 15 is 0 Å². The zero-order valence-electron chi connectivity index (χ0n) is 12.6. The molecule has 0 radical (unpaired) electrons. The van der Waals surface area contributed by atoms with Crippen LogP contribution in [0, 0.1) is 5.82 Å². The van der Waals surface area contributed by atoms with Gasteiger partial charge in [-0.3, -0.25) is 0 Å². The fourth-order valence-electron chi connectivity index (χ4n) is 3.07. The first-order chi connectivity index (χ1) is 10.3. The molecule has 2 aromatic carbocycles. The SMILES string of the molecule is CCNCc1ccc(F)c(-c2ccc3c(c2)CCCC3)c1. The van der Waals surface area contributed by atoms with Crippen LogP contribution in [0.1, 0.15) is 36.5 Å². The molecule has 0 spiro atoms. The Hall–Kier alpha value is -1.67. The molecule has 0 unspecified atom stereocenters. The highest BCUT2D eigenvalue weighted by Gasteiger charge is 2.12. The second-order valence-electron chi connectivity index (χ2n) is 5.79. The lowest BCUT2D eigenvalue weighted by Crippen LogP contribution is -2.11. The Morgan fingerprint density at radius 3 is 2.62 bits per heavy atom. The van der Waals surface area contributed by atoms with Gasteiger partial charge in [0.25, 0.3) is 0 Å². The van der Waals surface area contributed by atoms with Gasteiger partial charge >= 0.3 is 0 Å². The Balaban J connectivity index is 1.95. The van der Waals surface area contributed by atoms with Gasteiger partial charge in [-0.1, -0.05) is 31.2 Å². The van der Waals surface area contributed by atoms with E-state index in [4.69, 9.17) is 0 Å². The molecule has 0 heterocycles. The van der Waals surface area contributed by atoms with Crippen molar-refractivity contribution in [3.05, 3.63) is 58.9 Å². The van der Waals surface area contributed by atoms with Crippen LogP contribution in [-0.2, 0) is 19.4 Å². The summed E-state index contributed by atoms with van der Waals surface area (Å²) in [5.41, 5.74) is 5.70. The van der Waals surface area contributed by atoms with Gasteiger partial charge in [-0.15, -0.1) is 0 Å². The van der Waals surface area contributed by atoms with Crippen LogP contribution in [0.25, 0.3) is 11.1 Å². The summed E-state index contributed by atoms with van der Waals surface area (Å²) in [5.74, 6) is -0.133. The van der Waals surface area contributed by atoms with E-state index in [1.54, 1.807) is 6.07 Å². The fourth-order valence-corrected chi connectivity index (χ4v) is 3.07. The number of rotatable bonds is 4. The molecule has 0 saturated carbocycles. The van der Waals surface area contributed by atoms with Crippen molar-refractivity contribution in [3.8, 4) is 11.1 Å². The van der Waals surface area contributed by atoms with Crippen LogP contribution in [0.2, 0.25) is 0 Å². The largest absolute Gasteiger partial charge is 0.313 e. The number of benzene rings is 2. The highest BCUT2D eigenvalue weighted by molar-refractivity contribution is 5.66. The molecule has 2 aromatic rings. The van der Waals surface area contributed by atoms with Gasteiger partial charge in [-0.2, -0.15) is 0 Å². The van der Waals surface area contributed by atoms with Crippen LogP contribution < -0.4 is 5.32 Å². The second-order valence-corrected chi connectivity index (χ2v) is 5.79. The minimum atomic E-state index is -0.133. The Bertz CT molecular complexity index is 633. The van der Waals surface area contributed by atoms with Crippen molar-refractivity contribution in [2.45, 2.75) is 39.2 Å². The maximum absolute atomic E-state index is 14.2. The van der Waals surface area contributed by atoms with Gasteiger partial charge < -0.3 is 5.32 Å². The van der Waals surface area contributed by atoms with Crippen LogP contribution in [0.4, 0.5) is 4.39 Å². The Kier molecular flexibility index (Phi) is 4.35. The minimum absolute atomic E-state index is 0.133. The first-order valence-corrected chi connectivity index (χ1v) is 7.89. The highest BCUT2D eigenvalue weighted by atomic mass is 19.1. The van der Waals surface area contributed by atoms with Gasteiger partial charge in [0.2, 0.25) is 0 Å². The lowest BCUT2D eigenvalue weighted by Gasteiger charge is -2.17. The molecular formula is C19H22FN. The molecule has 0 saturated heterocycles. The van der Waals surface area contributed by atoms with E-state index in [-0.39, 0.29) is 5.82 Å². The standard InChI is InChI=1S/C19H22FN/c1-2-21-13-14-7-10-19(20)18(11-14)17-9-8-15-5-3-4-6-16(15)12-17/h7-12,21H,2-6,13H2,1H3. The van der Waals surface area contributed by atoms with E-state index in [0.29, 0.717) is 0 Å². The van der Waals surface area contributed by atoms with E-state index < -0.39 is 0 Å². The molecule has 21 heavy (non-hydrogen) atoms. The van der Waals surface area contributed by atoms with Crippen molar-refractivity contribution in [2.75, 3.05) is 6.54 Å². The molecule has 0 amide bonds.